The number of hydrogen-bond donors (Lipinski definition) is 1. The van der Waals surface area contributed by atoms with Crippen molar-refractivity contribution in [1.29, 1.82) is 0 Å². The Balaban J connectivity index is 1.42. The molecule has 1 N–H and O–H groups in total. The van der Waals surface area contributed by atoms with Crippen LogP contribution in [0, 0.1) is 5.92 Å². The molecule has 1 amide bonds. The third-order valence-electron chi connectivity index (χ3n) is 5.30. The smallest absolute Gasteiger partial charge is 0.226 e. The summed E-state index contributed by atoms with van der Waals surface area (Å²) >= 11 is 7.60. The predicted molar refractivity (Wildman–Crippen MR) is 108 cm³/mol. The molecule has 1 fully saturated rings. The average molecular weight is 407 g/mol. The molecule has 0 radical (unpaired) electrons. The van der Waals surface area contributed by atoms with E-state index in [1.807, 2.05) is 6.07 Å². The summed E-state index contributed by atoms with van der Waals surface area (Å²) in [7, 11) is 1.59. The molecular weight excluding hydrogens is 384 g/mol. The second kappa shape index (κ2) is 8.02. The van der Waals surface area contributed by atoms with Gasteiger partial charge in [0.2, 0.25) is 5.91 Å². The van der Waals surface area contributed by atoms with Crippen LogP contribution in [0.1, 0.15) is 42.7 Å². The van der Waals surface area contributed by atoms with Gasteiger partial charge in [0.15, 0.2) is 16.0 Å². The number of pyridine rings is 1. The Hall–Kier alpha value is -1.86. The SMILES string of the molecule is COc1cc(N2CCc3nc(NC(=O)CC4CCCC4)sc3C2)cnc1Cl. The van der Waals surface area contributed by atoms with E-state index in [2.05, 4.69) is 20.2 Å². The summed E-state index contributed by atoms with van der Waals surface area (Å²) in [5.41, 5.74) is 2.06. The number of nitrogens with one attached hydrogen (secondary N) is 1. The topological polar surface area (TPSA) is 67.3 Å². The second-order valence-corrected chi connectivity index (χ2v) is 8.59. The Bertz CT molecular complexity index is 835. The van der Waals surface area contributed by atoms with Crippen LogP contribution in [-0.4, -0.2) is 29.5 Å². The lowest BCUT2D eigenvalue weighted by molar-refractivity contribution is -0.117. The van der Waals surface area contributed by atoms with E-state index in [4.69, 9.17) is 16.3 Å². The Morgan fingerprint density at radius 2 is 2.26 bits per heavy atom. The first-order valence-electron chi connectivity index (χ1n) is 9.35. The lowest BCUT2D eigenvalue weighted by Gasteiger charge is -2.28. The van der Waals surface area contributed by atoms with Crippen LogP contribution in [-0.2, 0) is 17.8 Å². The molecule has 27 heavy (non-hydrogen) atoms. The lowest BCUT2D eigenvalue weighted by Crippen LogP contribution is -2.29. The summed E-state index contributed by atoms with van der Waals surface area (Å²) in [4.78, 5) is 24.5. The number of nitrogens with zero attached hydrogens (tertiary/aromatic N) is 3. The number of anilines is 2. The van der Waals surface area contributed by atoms with Crippen molar-refractivity contribution in [3.05, 3.63) is 28.0 Å². The van der Waals surface area contributed by atoms with Crippen LogP contribution in [0.3, 0.4) is 0 Å². The highest BCUT2D eigenvalue weighted by Gasteiger charge is 2.24. The highest BCUT2D eigenvalue weighted by molar-refractivity contribution is 7.15. The zero-order chi connectivity index (χ0) is 18.8. The number of fused-ring (bicyclic) bond motifs is 1. The first-order valence-corrected chi connectivity index (χ1v) is 10.5. The van der Waals surface area contributed by atoms with E-state index in [1.165, 1.54) is 30.6 Å². The van der Waals surface area contributed by atoms with Crippen LogP contribution in [0.5, 0.6) is 5.75 Å². The fraction of sp³-hybridized carbons (Fsp3) is 0.526. The zero-order valence-electron chi connectivity index (χ0n) is 15.3. The molecule has 2 aliphatic rings. The molecule has 1 aliphatic carbocycles. The maximum atomic E-state index is 12.3. The van der Waals surface area contributed by atoms with E-state index in [0.29, 0.717) is 23.2 Å². The molecule has 2 aromatic rings. The molecule has 1 saturated carbocycles. The Labute approximate surface area is 167 Å². The number of halogens is 1. The number of methoxy groups -OCH3 is 1. The number of carbonyl (C=O) groups excluding carboxylic acids is 1. The third-order valence-corrected chi connectivity index (χ3v) is 6.59. The fourth-order valence-corrected chi connectivity index (χ4v) is 5.07. The summed E-state index contributed by atoms with van der Waals surface area (Å²) < 4.78 is 5.27. The minimum atomic E-state index is 0.0940. The highest BCUT2D eigenvalue weighted by Crippen LogP contribution is 2.34. The van der Waals surface area contributed by atoms with Gasteiger partial charge in [-0.05, 0) is 18.8 Å². The van der Waals surface area contributed by atoms with Crippen molar-refractivity contribution in [3.8, 4) is 5.75 Å². The van der Waals surface area contributed by atoms with Gasteiger partial charge in [0.1, 0.15) is 0 Å². The van der Waals surface area contributed by atoms with Gasteiger partial charge in [-0.15, -0.1) is 0 Å². The van der Waals surface area contributed by atoms with Crippen molar-refractivity contribution in [1.82, 2.24) is 9.97 Å². The first kappa shape index (κ1) is 18.5. The maximum absolute atomic E-state index is 12.3. The van der Waals surface area contributed by atoms with Crippen molar-refractivity contribution in [3.63, 3.8) is 0 Å². The van der Waals surface area contributed by atoms with Gasteiger partial charge in [-0.2, -0.15) is 0 Å². The number of ether oxygens (including phenoxy) is 1. The van der Waals surface area contributed by atoms with E-state index in [1.54, 1.807) is 24.6 Å². The van der Waals surface area contributed by atoms with Crippen molar-refractivity contribution in [2.45, 2.75) is 45.1 Å². The lowest BCUT2D eigenvalue weighted by atomic mass is 10.0. The minimum absolute atomic E-state index is 0.0940. The maximum Gasteiger partial charge on any atom is 0.226 e. The molecule has 144 valence electrons. The average Bonchev–Trinajstić information content (AvgIpc) is 3.30. The van der Waals surface area contributed by atoms with E-state index in [9.17, 15) is 4.79 Å². The van der Waals surface area contributed by atoms with Crippen molar-refractivity contribution in [2.75, 3.05) is 23.9 Å². The van der Waals surface area contributed by atoms with E-state index < -0.39 is 0 Å². The molecule has 4 rings (SSSR count). The van der Waals surface area contributed by atoms with Crippen LogP contribution in [0.2, 0.25) is 5.15 Å². The summed E-state index contributed by atoms with van der Waals surface area (Å²) in [6.07, 6.45) is 8.08. The summed E-state index contributed by atoms with van der Waals surface area (Å²) in [6, 6.07) is 1.91. The Morgan fingerprint density at radius 1 is 1.44 bits per heavy atom. The molecule has 0 saturated heterocycles. The molecule has 0 aromatic carbocycles. The molecule has 3 heterocycles. The normalized spacial score (nSPS) is 17.0. The van der Waals surface area contributed by atoms with Crippen LogP contribution in [0.25, 0.3) is 0 Å². The van der Waals surface area contributed by atoms with Crippen molar-refractivity contribution in [2.24, 2.45) is 5.92 Å². The van der Waals surface area contributed by atoms with Crippen molar-refractivity contribution >= 4 is 39.7 Å². The quantitative estimate of drug-likeness (QED) is 0.750. The highest BCUT2D eigenvalue weighted by atomic mass is 35.5. The van der Waals surface area contributed by atoms with Gasteiger partial charge in [0.05, 0.1) is 31.2 Å². The molecule has 0 unspecified atom stereocenters. The monoisotopic (exact) mass is 406 g/mol. The van der Waals surface area contributed by atoms with Gasteiger partial charge >= 0.3 is 0 Å². The number of thiazole rings is 1. The largest absolute Gasteiger partial charge is 0.493 e. The second-order valence-electron chi connectivity index (χ2n) is 7.15. The number of carbonyl (C=O) groups is 1. The zero-order valence-corrected chi connectivity index (χ0v) is 16.9. The van der Waals surface area contributed by atoms with Crippen LogP contribution >= 0.6 is 22.9 Å². The Morgan fingerprint density at radius 3 is 3.04 bits per heavy atom. The van der Waals surface area contributed by atoms with Gasteiger partial charge in [0.25, 0.3) is 0 Å². The predicted octanol–water partition coefficient (Wildman–Crippen LogP) is 4.28. The molecule has 1 aliphatic heterocycles. The number of amides is 1. The molecule has 8 heteroatoms. The molecule has 6 nitrogen and oxygen atoms in total. The number of hydrogen-bond acceptors (Lipinski definition) is 6. The Kier molecular flexibility index (Phi) is 5.50. The van der Waals surface area contributed by atoms with Crippen LogP contribution in [0.4, 0.5) is 10.8 Å². The van der Waals surface area contributed by atoms with E-state index in [-0.39, 0.29) is 5.91 Å². The van der Waals surface area contributed by atoms with Gasteiger partial charge in [-0.3, -0.25) is 4.79 Å². The summed E-state index contributed by atoms with van der Waals surface area (Å²) in [6.45, 7) is 1.59. The fourth-order valence-electron chi connectivity index (χ4n) is 3.85. The van der Waals surface area contributed by atoms with Gasteiger partial charge in [-0.1, -0.05) is 35.8 Å². The van der Waals surface area contributed by atoms with Crippen LogP contribution in [0.15, 0.2) is 12.3 Å². The van der Waals surface area contributed by atoms with Gasteiger partial charge < -0.3 is 15.0 Å². The summed E-state index contributed by atoms with van der Waals surface area (Å²) in [5.74, 6) is 1.21. The molecule has 0 spiro atoms. The molecule has 0 bridgehead atoms. The first-order chi connectivity index (χ1) is 13.1. The summed E-state index contributed by atoms with van der Waals surface area (Å²) in [5, 5.41) is 4.09. The van der Waals surface area contributed by atoms with Gasteiger partial charge in [-0.25, -0.2) is 9.97 Å². The van der Waals surface area contributed by atoms with E-state index in [0.717, 1.165) is 36.0 Å². The number of aromatic nitrogens is 2. The number of rotatable bonds is 5. The molecule has 2 aromatic heterocycles. The molecular formula is C19H23ClN4O2S. The van der Waals surface area contributed by atoms with Crippen molar-refractivity contribution < 1.29 is 9.53 Å². The van der Waals surface area contributed by atoms with Gasteiger partial charge in [0, 0.05) is 30.3 Å². The third kappa shape index (κ3) is 4.19. The van der Waals surface area contributed by atoms with E-state index >= 15 is 0 Å². The standard InChI is InChI=1S/C19H23ClN4O2S/c1-26-15-9-13(10-21-18(15)20)24-7-6-14-16(11-24)27-19(22-14)23-17(25)8-12-4-2-3-5-12/h9-10,12H,2-8,11H2,1H3,(H,22,23,25). The molecule has 0 atom stereocenters. The minimum Gasteiger partial charge on any atom is -0.493 e. The van der Waals surface area contributed by atoms with Crippen LogP contribution < -0.4 is 15.0 Å².